The van der Waals surface area contributed by atoms with E-state index in [-0.39, 0.29) is 5.41 Å². The largest absolute Gasteiger partial charge is 0.485 e. The Morgan fingerprint density at radius 3 is 2.66 bits per heavy atom. The van der Waals surface area contributed by atoms with Crippen molar-refractivity contribution >= 4 is 17.2 Å². The number of hydrogen-bond acceptors (Lipinski definition) is 6. The first-order chi connectivity index (χ1) is 16.9. The molecule has 1 aliphatic heterocycles. The quantitative estimate of drug-likeness (QED) is 0.392. The van der Waals surface area contributed by atoms with Crippen molar-refractivity contribution in [2.24, 2.45) is 5.41 Å². The third kappa shape index (κ3) is 6.42. The molecule has 0 saturated carbocycles. The van der Waals surface area contributed by atoms with Gasteiger partial charge in [0.25, 0.3) is 0 Å². The summed E-state index contributed by atoms with van der Waals surface area (Å²) in [4.78, 5) is 12.6. The highest BCUT2D eigenvalue weighted by Crippen LogP contribution is 2.36. The van der Waals surface area contributed by atoms with Crippen LogP contribution in [0, 0.1) is 17.3 Å². The first kappa shape index (κ1) is 25.2. The molecule has 3 aromatic rings. The molecular formula is C29H36N4OS. The van der Waals surface area contributed by atoms with Crippen molar-refractivity contribution in [2.45, 2.75) is 59.0 Å². The van der Waals surface area contributed by atoms with E-state index in [2.05, 4.69) is 61.7 Å². The van der Waals surface area contributed by atoms with Gasteiger partial charge in [-0.3, -0.25) is 0 Å². The van der Waals surface area contributed by atoms with Gasteiger partial charge in [0.1, 0.15) is 6.61 Å². The van der Waals surface area contributed by atoms with Crippen molar-refractivity contribution in [1.29, 1.82) is 0 Å². The number of hydrogen-bond donors (Lipinski definition) is 1. The molecule has 0 atom stereocenters. The Morgan fingerprint density at radius 2 is 1.91 bits per heavy atom. The summed E-state index contributed by atoms with van der Waals surface area (Å²) in [6.07, 6.45) is 8.18. The van der Waals surface area contributed by atoms with E-state index in [4.69, 9.17) is 15.5 Å². The SMILES string of the molecule is CCC(C)(C#Cc1cccc(COc2cc(-c3cnc(C4CCN(C)CC4)s3)cnc2N)c1)CC. The summed E-state index contributed by atoms with van der Waals surface area (Å²) in [5.74, 6) is 8.33. The summed E-state index contributed by atoms with van der Waals surface area (Å²) in [6.45, 7) is 9.27. The van der Waals surface area contributed by atoms with E-state index in [1.165, 1.54) is 5.01 Å². The molecular weight excluding hydrogens is 452 g/mol. The van der Waals surface area contributed by atoms with Gasteiger partial charge >= 0.3 is 0 Å². The van der Waals surface area contributed by atoms with Gasteiger partial charge in [0, 0.05) is 34.9 Å². The number of nitrogen functional groups attached to an aromatic ring is 1. The van der Waals surface area contributed by atoms with Gasteiger partial charge in [0.15, 0.2) is 11.6 Å². The van der Waals surface area contributed by atoms with Crippen LogP contribution in [0.2, 0.25) is 0 Å². The number of thiazole rings is 1. The van der Waals surface area contributed by atoms with Crippen LogP contribution in [0.5, 0.6) is 5.75 Å². The van der Waals surface area contributed by atoms with Crippen LogP contribution in [0.1, 0.15) is 68.5 Å². The summed E-state index contributed by atoms with van der Waals surface area (Å²) in [5, 5.41) is 1.22. The van der Waals surface area contributed by atoms with Crippen molar-refractivity contribution in [3.63, 3.8) is 0 Å². The van der Waals surface area contributed by atoms with Crippen LogP contribution in [-0.2, 0) is 6.61 Å². The second kappa shape index (κ2) is 11.2. The average molecular weight is 489 g/mol. The monoisotopic (exact) mass is 488 g/mol. The lowest BCUT2D eigenvalue weighted by Crippen LogP contribution is -2.29. The van der Waals surface area contributed by atoms with E-state index >= 15 is 0 Å². The number of aromatic nitrogens is 2. The molecule has 1 fully saturated rings. The fourth-order valence-electron chi connectivity index (χ4n) is 4.12. The van der Waals surface area contributed by atoms with E-state index < -0.39 is 0 Å². The lowest BCUT2D eigenvalue weighted by molar-refractivity contribution is 0.255. The van der Waals surface area contributed by atoms with Crippen LogP contribution in [0.15, 0.2) is 42.7 Å². The van der Waals surface area contributed by atoms with Crippen LogP contribution in [-0.4, -0.2) is 35.0 Å². The highest BCUT2D eigenvalue weighted by atomic mass is 32.1. The van der Waals surface area contributed by atoms with Gasteiger partial charge in [-0.1, -0.05) is 37.8 Å². The van der Waals surface area contributed by atoms with E-state index in [1.807, 2.05) is 30.6 Å². The Labute approximate surface area is 213 Å². The molecule has 35 heavy (non-hydrogen) atoms. The van der Waals surface area contributed by atoms with E-state index in [0.717, 1.165) is 60.3 Å². The van der Waals surface area contributed by atoms with Gasteiger partial charge < -0.3 is 15.4 Å². The summed E-state index contributed by atoms with van der Waals surface area (Å²) in [6, 6.07) is 10.2. The normalized spacial score (nSPS) is 15.0. The smallest absolute Gasteiger partial charge is 0.166 e. The molecule has 5 nitrogen and oxygen atoms in total. The van der Waals surface area contributed by atoms with Gasteiger partial charge in [-0.05, 0) is 76.5 Å². The summed E-state index contributed by atoms with van der Waals surface area (Å²) < 4.78 is 6.11. The Balaban J connectivity index is 1.45. The molecule has 1 saturated heterocycles. The van der Waals surface area contributed by atoms with Crippen molar-refractivity contribution < 1.29 is 4.74 Å². The lowest BCUT2D eigenvalue weighted by atomic mass is 9.85. The lowest BCUT2D eigenvalue weighted by Gasteiger charge is -2.27. The Morgan fingerprint density at radius 1 is 1.14 bits per heavy atom. The van der Waals surface area contributed by atoms with Gasteiger partial charge in [-0.15, -0.1) is 11.3 Å². The first-order valence-corrected chi connectivity index (χ1v) is 13.4. The zero-order chi connectivity index (χ0) is 24.8. The molecule has 184 valence electrons. The molecule has 1 aromatic carbocycles. The minimum Gasteiger partial charge on any atom is -0.485 e. The number of nitrogens with two attached hydrogens (primary N) is 1. The molecule has 3 heterocycles. The van der Waals surface area contributed by atoms with Crippen molar-refractivity contribution in [3.8, 4) is 28.0 Å². The molecule has 6 heteroatoms. The third-order valence-corrected chi connectivity index (χ3v) is 8.36. The van der Waals surface area contributed by atoms with Crippen LogP contribution in [0.25, 0.3) is 10.4 Å². The van der Waals surface area contributed by atoms with Gasteiger partial charge in [0.2, 0.25) is 0 Å². The fraction of sp³-hybridized carbons (Fsp3) is 0.448. The zero-order valence-electron chi connectivity index (χ0n) is 21.3. The van der Waals surface area contributed by atoms with Gasteiger partial charge in [0.05, 0.1) is 9.88 Å². The van der Waals surface area contributed by atoms with Crippen LogP contribution in [0.3, 0.4) is 0 Å². The molecule has 2 aromatic heterocycles. The molecule has 0 radical (unpaired) electrons. The number of nitrogens with zero attached hydrogens (tertiary/aromatic N) is 3. The topological polar surface area (TPSA) is 64.3 Å². The van der Waals surface area contributed by atoms with E-state index in [9.17, 15) is 0 Å². The molecule has 2 N–H and O–H groups in total. The van der Waals surface area contributed by atoms with Crippen LogP contribution >= 0.6 is 11.3 Å². The van der Waals surface area contributed by atoms with Gasteiger partial charge in [-0.2, -0.15) is 0 Å². The van der Waals surface area contributed by atoms with Gasteiger partial charge in [-0.25, -0.2) is 9.97 Å². The fourth-order valence-corrected chi connectivity index (χ4v) is 5.19. The predicted molar refractivity (Wildman–Crippen MR) is 146 cm³/mol. The maximum atomic E-state index is 6.15. The predicted octanol–water partition coefficient (Wildman–Crippen LogP) is 6.35. The van der Waals surface area contributed by atoms with E-state index in [0.29, 0.717) is 24.1 Å². The van der Waals surface area contributed by atoms with Crippen molar-refractivity contribution in [3.05, 3.63) is 58.9 Å². The Kier molecular flexibility index (Phi) is 8.10. The minimum absolute atomic E-state index is 0.0525. The second-order valence-corrected chi connectivity index (χ2v) is 10.8. The maximum absolute atomic E-state index is 6.15. The summed E-state index contributed by atoms with van der Waals surface area (Å²) >= 11 is 1.75. The molecule has 4 rings (SSSR count). The molecule has 0 unspecified atom stereocenters. The standard InChI is InChI=1S/C29H36N4OS/c1-5-29(3,6-2)13-10-21-8-7-9-22(16-21)20-34-25-17-24(18-31-27(25)30)26-19-32-28(35-26)23-11-14-33(4)15-12-23/h7-9,16-19,23H,5-6,11-12,14-15,20H2,1-4H3,(H2,30,31). The molecule has 0 amide bonds. The first-order valence-electron chi connectivity index (χ1n) is 12.5. The number of benzene rings is 1. The Hall–Kier alpha value is -2.88. The number of anilines is 1. The molecule has 0 aliphatic carbocycles. The summed E-state index contributed by atoms with van der Waals surface area (Å²) in [5.41, 5.74) is 9.25. The zero-order valence-corrected chi connectivity index (χ0v) is 22.1. The minimum atomic E-state index is 0.0525. The molecule has 0 spiro atoms. The van der Waals surface area contributed by atoms with Crippen molar-refractivity contribution in [2.75, 3.05) is 25.9 Å². The van der Waals surface area contributed by atoms with E-state index in [1.54, 1.807) is 11.3 Å². The maximum Gasteiger partial charge on any atom is 0.166 e. The number of pyridine rings is 1. The highest BCUT2D eigenvalue weighted by Gasteiger charge is 2.21. The second-order valence-electron chi connectivity index (χ2n) is 9.75. The summed E-state index contributed by atoms with van der Waals surface area (Å²) in [7, 11) is 2.18. The Bertz CT molecular complexity index is 1200. The average Bonchev–Trinajstić information content (AvgIpc) is 3.38. The molecule has 0 bridgehead atoms. The highest BCUT2D eigenvalue weighted by molar-refractivity contribution is 7.15. The molecule has 1 aliphatic rings. The van der Waals surface area contributed by atoms with Crippen LogP contribution in [0.4, 0.5) is 5.82 Å². The number of likely N-dealkylation sites (tertiary alicyclic amines) is 1. The van der Waals surface area contributed by atoms with Crippen molar-refractivity contribution in [1.82, 2.24) is 14.9 Å². The van der Waals surface area contributed by atoms with Crippen LogP contribution < -0.4 is 10.5 Å². The third-order valence-electron chi connectivity index (χ3n) is 7.15. The number of rotatable bonds is 7. The number of piperidine rings is 1. The number of ether oxygens (including phenoxy) is 1.